The zero-order chi connectivity index (χ0) is 38.7. The van der Waals surface area contributed by atoms with E-state index in [-0.39, 0.29) is 17.5 Å². The third-order valence-electron chi connectivity index (χ3n) is 14.1. The molecule has 0 N–H and O–H groups in total. The van der Waals surface area contributed by atoms with Gasteiger partial charge in [-0.25, -0.2) is 0 Å². The van der Waals surface area contributed by atoms with Crippen molar-refractivity contribution < 1.29 is 0 Å². The molecule has 0 saturated heterocycles. The van der Waals surface area contributed by atoms with E-state index < -0.39 is 0 Å². The van der Waals surface area contributed by atoms with E-state index in [9.17, 15) is 0 Å². The number of rotatable bonds is 8. The summed E-state index contributed by atoms with van der Waals surface area (Å²) in [5.74, 6) is 1.50. The fraction of sp³-hybridized carbons (Fsp3) is 0.385. The van der Waals surface area contributed by atoms with Crippen LogP contribution in [0.15, 0.2) is 91.0 Å². The minimum absolute atomic E-state index is 0.121. The van der Waals surface area contributed by atoms with Gasteiger partial charge in [-0.1, -0.05) is 103 Å². The largest absolute Gasteiger partial charge is 0.311 e. The highest BCUT2D eigenvalue weighted by Crippen LogP contribution is 2.53. The van der Waals surface area contributed by atoms with Crippen LogP contribution in [0.1, 0.15) is 126 Å². The van der Waals surface area contributed by atoms with Crippen molar-refractivity contribution in [1.29, 1.82) is 0 Å². The number of benzene rings is 5. The van der Waals surface area contributed by atoms with E-state index in [0.29, 0.717) is 5.92 Å². The summed E-state index contributed by atoms with van der Waals surface area (Å²) in [7, 11) is 0. The van der Waals surface area contributed by atoms with Gasteiger partial charge in [-0.3, -0.25) is 0 Å². The van der Waals surface area contributed by atoms with Crippen molar-refractivity contribution in [3.8, 4) is 0 Å². The molecule has 56 heavy (non-hydrogen) atoms. The summed E-state index contributed by atoms with van der Waals surface area (Å²) in [6, 6.07) is 36.8. The lowest BCUT2D eigenvalue weighted by Gasteiger charge is -2.45. The lowest BCUT2D eigenvalue weighted by atomic mass is 9.36. The van der Waals surface area contributed by atoms with Gasteiger partial charge in [0, 0.05) is 43.3 Å². The Morgan fingerprint density at radius 3 is 2.18 bits per heavy atom. The molecule has 1 fully saturated rings. The molecule has 0 spiro atoms. The standard InChI is InChI=1S/C52H57BN2S/c1-9-11-13-34-15-18-37(19-16-34)54-44-23-17-36(40-29-35(40)12-10-2)30-43(44)53-48-45(54)26-33(4)27-46(48)55(49-39-21-14-32(3)28-47(39)56-50(49)53)38-20-22-41-42(31-38)52(7,8)25-24-51(41,5)6/h14-23,26-28,30-31,35,40H,9-13,24-25,29H2,1-8H3. The average molecular weight is 753 g/mol. The molecule has 4 aliphatic rings. The Hall–Kier alpha value is -4.28. The number of anilines is 6. The molecule has 2 aliphatic heterocycles. The first kappa shape index (κ1) is 36.1. The molecule has 1 aromatic heterocycles. The summed E-state index contributed by atoms with van der Waals surface area (Å²) in [5.41, 5.74) is 19.7. The van der Waals surface area contributed by atoms with E-state index in [1.165, 1.54) is 138 Å². The Labute approximate surface area is 340 Å². The molecule has 284 valence electrons. The summed E-state index contributed by atoms with van der Waals surface area (Å²) in [6.07, 6.45) is 9.93. The smallest absolute Gasteiger partial charge is 0.264 e. The Kier molecular flexibility index (Phi) is 8.46. The van der Waals surface area contributed by atoms with Gasteiger partial charge >= 0.3 is 0 Å². The average Bonchev–Trinajstić information content (AvgIpc) is 3.86. The molecule has 3 heterocycles. The van der Waals surface area contributed by atoms with E-state index in [1.54, 1.807) is 0 Å². The summed E-state index contributed by atoms with van der Waals surface area (Å²) < 4.78 is 2.87. The SMILES string of the molecule is CCCCc1ccc(N2c3ccc(C4CC4CCC)cc3B3c4sc5cc(C)ccc5c4N(c4ccc5c(c4)C(C)(C)CCC5(C)C)c4cc(C)cc2c43)cc1. The van der Waals surface area contributed by atoms with Crippen LogP contribution in [0.25, 0.3) is 10.1 Å². The topological polar surface area (TPSA) is 6.48 Å². The number of fused-ring (bicyclic) bond motifs is 7. The molecule has 0 bridgehead atoms. The monoisotopic (exact) mass is 752 g/mol. The van der Waals surface area contributed by atoms with Crippen molar-refractivity contribution in [2.45, 2.75) is 124 Å². The Balaban J connectivity index is 1.25. The molecular formula is C52H57BN2S. The predicted molar refractivity (Wildman–Crippen MR) is 245 cm³/mol. The quantitative estimate of drug-likeness (QED) is 0.143. The molecule has 2 aliphatic carbocycles. The van der Waals surface area contributed by atoms with Crippen molar-refractivity contribution in [1.82, 2.24) is 0 Å². The third kappa shape index (κ3) is 5.64. The minimum Gasteiger partial charge on any atom is -0.311 e. The number of thiophene rings is 1. The molecule has 2 atom stereocenters. The molecule has 10 rings (SSSR count). The van der Waals surface area contributed by atoms with Crippen LogP contribution >= 0.6 is 11.3 Å². The fourth-order valence-electron chi connectivity index (χ4n) is 10.8. The molecule has 6 aromatic rings. The second kappa shape index (κ2) is 13.1. The normalized spacial score (nSPS) is 19.8. The van der Waals surface area contributed by atoms with Gasteiger partial charge in [0.2, 0.25) is 0 Å². The van der Waals surface area contributed by atoms with Gasteiger partial charge in [0.1, 0.15) is 0 Å². The Morgan fingerprint density at radius 2 is 1.43 bits per heavy atom. The van der Waals surface area contributed by atoms with Crippen molar-refractivity contribution in [3.63, 3.8) is 0 Å². The van der Waals surface area contributed by atoms with Crippen LogP contribution in [0.5, 0.6) is 0 Å². The minimum atomic E-state index is 0.121. The van der Waals surface area contributed by atoms with Crippen LogP contribution in [0.2, 0.25) is 0 Å². The highest BCUT2D eigenvalue weighted by Gasteiger charge is 2.47. The number of hydrogen-bond donors (Lipinski definition) is 0. The van der Waals surface area contributed by atoms with Gasteiger partial charge < -0.3 is 9.80 Å². The van der Waals surface area contributed by atoms with Gasteiger partial charge in [0.25, 0.3) is 6.71 Å². The Bertz CT molecular complexity index is 2520. The van der Waals surface area contributed by atoms with Crippen LogP contribution in [0.4, 0.5) is 34.1 Å². The molecule has 0 amide bonds. The van der Waals surface area contributed by atoms with Gasteiger partial charge in [0.05, 0.1) is 5.69 Å². The maximum Gasteiger partial charge on any atom is 0.264 e. The van der Waals surface area contributed by atoms with Crippen LogP contribution < -0.4 is 25.5 Å². The zero-order valence-electron chi connectivity index (χ0n) is 34.9. The van der Waals surface area contributed by atoms with Crippen LogP contribution in [-0.4, -0.2) is 6.71 Å². The predicted octanol–water partition coefficient (Wildman–Crippen LogP) is 13.2. The second-order valence-corrected chi connectivity index (χ2v) is 20.2. The maximum absolute atomic E-state index is 2.68. The van der Waals surface area contributed by atoms with E-state index in [4.69, 9.17) is 0 Å². The molecule has 5 aromatic carbocycles. The molecule has 2 unspecified atom stereocenters. The first-order valence-electron chi connectivity index (χ1n) is 21.6. The van der Waals surface area contributed by atoms with Gasteiger partial charge in [-0.05, 0) is 161 Å². The van der Waals surface area contributed by atoms with Gasteiger partial charge in [0.15, 0.2) is 0 Å². The number of unbranched alkanes of at least 4 members (excludes halogenated alkanes) is 1. The van der Waals surface area contributed by atoms with E-state index >= 15 is 0 Å². The summed E-state index contributed by atoms with van der Waals surface area (Å²) in [5, 5.41) is 1.37. The summed E-state index contributed by atoms with van der Waals surface area (Å²) in [6.45, 7) is 19.2. The molecule has 2 nitrogen and oxygen atoms in total. The molecular weight excluding hydrogens is 695 g/mol. The first-order chi connectivity index (χ1) is 27.0. The van der Waals surface area contributed by atoms with E-state index in [1.807, 2.05) is 11.3 Å². The van der Waals surface area contributed by atoms with Gasteiger partial charge in [-0.15, -0.1) is 11.3 Å². The van der Waals surface area contributed by atoms with Crippen LogP contribution in [-0.2, 0) is 17.3 Å². The zero-order valence-corrected chi connectivity index (χ0v) is 35.7. The van der Waals surface area contributed by atoms with Crippen LogP contribution in [0, 0.1) is 19.8 Å². The number of nitrogens with zero attached hydrogens (tertiary/aromatic N) is 2. The highest BCUT2D eigenvalue weighted by molar-refractivity contribution is 7.33. The second-order valence-electron chi connectivity index (χ2n) is 19.1. The summed E-state index contributed by atoms with van der Waals surface area (Å²) in [4.78, 5) is 5.30. The number of hydrogen-bond acceptors (Lipinski definition) is 3. The van der Waals surface area contributed by atoms with Crippen molar-refractivity contribution >= 4 is 78.0 Å². The third-order valence-corrected chi connectivity index (χ3v) is 15.3. The molecule has 4 heteroatoms. The lowest BCUT2D eigenvalue weighted by molar-refractivity contribution is 0.332. The summed E-state index contributed by atoms with van der Waals surface area (Å²) >= 11 is 2.03. The lowest BCUT2D eigenvalue weighted by Crippen LogP contribution is -2.60. The Morgan fingerprint density at radius 1 is 0.696 bits per heavy atom. The van der Waals surface area contributed by atoms with Gasteiger partial charge in [-0.2, -0.15) is 0 Å². The fourth-order valence-corrected chi connectivity index (χ4v) is 12.2. The van der Waals surface area contributed by atoms with E-state index in [2.05, 4.69) is 156 Å². The maximum atomic E-state index is 2.68. The van der Waals surface area contributed by atoms with Crippen LogP contribution in [0.3, 0.4) is 0 Å². The van der Waals surface area contributed by atoms with Crippen molar-refractivity contribution in [3.05, 3.63) is 124 Å². The number of aryl methyl sites for hydroxylation is 3. The van der Waals surface area contributed by atoms with Crippen molar-refractivity contribution in [2.24, 2.45) is 5.92 Å². The van der Waals surface area contributed by atoms with Crippen molar-refractivity contribution in [2.75, 3.05) is 9.80 Å². The van der Waals surface area contributed by atoms with E-state index in [0.717, 1.165) is 12.3 Å². The molecule has 1 saturated carbocycles. The highest BCUT2D eigenvalue weighted by atomic mass is 32.1. The first-order valence-corrected chi connectivity index (χ1v) is 22.4. The molecule has 0 radical (unpaired) electrons.